The minimum atomic E-state index is -1.43. The molecule has 1 heterocycles. The van der Waals surface area contributed by atoms with Gasteiger partial charge in [-0.2, -0.15) is 5.10 Å². The summed E-state index contributed by atoms with van der Waals surface area (Å²) in [7, 11) is 1.44. The first-order valence-electron chi connectivity index (χ1n) is 12.5. The van der Waals surface area contributed by atoms with Gasteiger partial charge in [0.2, 0.25) is 0 Å². The number of aliphatic hydroxyl groups excluding tert-OH is 2. The van der Waals surface area contributed by atoms with Crippen LogP contribution in [0.3, 0.4) is 0 Å². The Hall–Kier alpha value is -2.70. The van der Waals surface area contributed by atoms with Crippen LogP contribution in [-0.4, -0.2) is 56.0 Å². The van der Waals surface area contributed by atoms with E-state index in [1.54, 1.807) is 0 Å². The van der Waals surface area contributed by atoms with E-state index in [-0.39, 0.29) is 72.5 Å². The number of carboxylic acid groups (broad SMARTS) is 1. The Morgan fingerprint density at radius 2 is 1.70 bits per heavy atom. The van der Waals surface area contributed by atoms with Gasteiger partial charge in [0, 0.05) is 42.8 Å². The van der Waals surface area contributed by atoms with E-state index in [1.807, 2.05) is 13.8 Å². The average molecular weight is 570 g/mol. The van der Waals surface area contributed by atoms with Crippen LogP contribution in [0.25, 0.3) is 5.69 Å². The fourth-order valence-electron chi connectivity index (χ4n) is 4.46. The van der Waals surface area contributed by atoms with E-state index < -0.39 is 48.0 Å². The minimum absolute atomic E-state index is 0. The molecule has 3 aromatic rings. The molecule has 0 aliphatic rings. The normalized spacial score (nSPS) is 12.6. The Labute approximate surface area is 252 Å². The van der Waals surface area contributed by atoms with Crippen molar-refractivity contribution in [1.82, 2.24) is 14.7 Å². The first-order chi connectivity index (χ1) is 18.4. The third-order valence-corrected chi connectivity index (χ3v) is 6.32. The third kappa shape index (κ3) is 8.40. The van der Waals surface area contributed by atoms with Crippen molar-refractivity contribution < 1.29 is 67.6 Å². The van der Waals surface area contributed by atoms with Crippen molar-refractivity contribution >= 4 is 11.9 Å². The fourth-order valence-corrected chi connectivity index (χ4v) is 4.46. The maximum Gasteiger partial charge on any atom is 1.00 e. The molecule has 0 unspecified atom stereocenters. The number of aliphatic carboxylic acids is 1. The molecule has 2 atom stereocenters. The summed E-state index contributed by atoms with van der Waals surface area (Å²) in [6.07, 6.45) is -2.86. The molecule has 0 radical (unpaired) electrons. The Morgan fingerprint density at radius 3 is 2.30 bits per heavy atom. The standard InChI is InChI=1S/C28H32F3N3O5.Na/c1-16(2)25-23(12-11-20(35)13-21(36)14-24(37)38)34(19-9-7-18(29)8-10-19)32-27(25)28(39)33(3)15-17-5-4-6-22(30)26(17)31;/h4-10,16,20-21,35-36H,11-15H2,1-3H3,(H,37,38);/q;+1/p-1/t20-,21-;/m1./s1. The molecule has 0 aliphatic carbocycles. The van der Waals surface area contributed by atoms with E-state index in [9.17, 15) is 38.1 Å². The van der Waals surface area contributed by atoms with Crippen molar-refractivity contribution in [2.75, 3.05) is 7.05 Å². The van der Waals surface area contributed by atoms with Gasteiger partial charge in [0.15, 0.2) is 17.3 Å². The Kier molecular flexibility index (Phi) is 12.4. The number of carbonyl (C=O) groups is 2. The van der Waals surface area contributed by atoms with E-state index >= 15 is 0 Å². The summed E-state index contributed by atoms with van der Waals surface area (Å²) in [6.45, 7) is 3.48. The quantitative estimate of drug-likeness (QED) is 0.294. The molecule has 40 heavy (non-hydrogen) atoms. The monoisotopic (exact) mass is 569 g/mol. The molecule has 2 N–H and O–H groups in total. The number of hydrogen-bond acceptors (Lipinski definition) is 6. The van der Waals surface area contributed by atoms with Gasteiger partial charge in [-0.3, -0.25) is 4.79 Å². The first kappa shape index (κ1) is 33.5. The molecular weight excluding hydrogens is 538 g/mol. The van der Waals surface area contributed by atoms with Crippen molar-refractivity contribution in [2.24, 2.45) is 0 Å². The topological polar surface area (TPSA) is 119 Å². The van der Waals surface area contributed by atoms with Crippen LogP contribution in [0, 0.1) is 17.5 Å². The predicted molar refractivity (Wildman–Crippen MR) is 134 cm³/mol. The number of amides is 1. The SMILES string of the molecule is CC(C)c1c(C(=O)N(C)Cc2cccc(F)c2F)nn(-c2ccc(F)cc2)c1CC[C@@H](O)C[C@@H](O)CC(=O)[O-].[Na+]. The van der Waals surface area contributed by atoms with E-state index in [4.69, 9.17) is 0 Å². The van der Waals surface area contributed by atoms with Gasteiger partial charge in [0.05, 0.1) is 17.9 Å². The Bertz CT molecular complexity index is 1320. The summed E-state index contributed by atoms with van der Waals surface area (Å²) in [5, 5.41) is 35.5. The molecule has 12 heteroatoms. The third-order valence-electron chi connectivity index (χ3n) is 6.32. The van der Waals surface area contributed by atoms with Crippen molar-refractivity contribution in [3.05, 3.63) is 82.4 Å². The number of aromatic nitrogens is 2. The van der Waals surface area contributed by atoms with Crippen molar-refractivity contribution in [1.29, 1.82) is 0 Å². The first-order valence-corrected chi connectivity index (χ1v) is 12.5. The van der Waals surface area contributed by atoms with E-state index in [0.717, 1.165) is 6.07 Å². The fraction of sp³-hybridized carbons (Fsp3) is 0.393. The van der Waals surface area contributed by atoms with Crippen molar-refractivity contribution in [3.63, 3.8) is 0 Å². The molecule has 0 spiro atoms. The molecular formula is C28H31F3N3NaO5. The zero-order valence-electron chi connectivity index (χ0n) is 22.9. The second-order valence-electron chi connectivity index (χ2n) is 9.78. The molecule has 0 bridgehead atoms. The second kappa shape index (κ2) is 14.8. The molecule has 210 valence electrons. The number of carbonyl (C=O) groups excluding carboxylic acids is 2. The maximum atomic E-state index is 14.3. The number of halogens is 3. The smallest absolute Gasteiger partial charge is 0.550 e. The summed E-state index contributed by atoms with van der Waals surface area (Å²) >= 11 is 0. The summed E-state index contributed by atoms with van der Waals surface area (Å²) < 4.78 is 43.1. The van der Waals surface area contributed by atoms with Crippen LogP contribution in [0.1, 0.15) is 66.3 Å². The van der Waals surface area contributed by atoms with Crippen LogP contribution in [0.15, 0.2) is 42.5 Å². The molecule has 8 nitrogen and oxygen atoms in total. The van der Waals surface area contributed by atoms with Crippen molar-refractivity contribution in [2.45, 2.75) is 64.2 Å². The molecule has 0 saturated carbocycles. The summed E-state index contributed by atoms with van der Waals surface area (Å²) in [5.41, 5.74) is 1.62. The zero-order chi connectivity index (χ0) is 28.9. The number of rotatable bonds is 12. The Balaban J connectivity index is 0.00000560. The van der Waals surface area contributed by atoms with E-state index in [1.165, 1.54) is 53.0 Å². The Morgan fingerprint density at radius 1 is 1.05 bits per heavy atom. The number of aliphatic hydroxyl groups is 2. The molecule has 0 aliphatic heterocycles. The van der Waals surface area contributed by atoms with Gasteiger partial charge in [-0.25, -0.2) is 17.9 Å². The average Bonchev–Trinajstić information content (AvgIpc) is 3.24. The number of benzene rings is 2. The van der Waals surface area contributed by atoms with Gasteiger partial charge in [-0.1, -0.05) is 26.0 Å². The van der Waals surface area contributed by atoms with Crippen LogP contribution in [0.5, 0.6) is 0 Å². The van der Waals surface area contributed by atoms with E-state index in [0.29, 0.717) is 16.9 Å². The predicted octanol–water partition coefficient (Wildman–Crippen LogP) is -0.126. The molecule has 1 aromatic heterocycles. The van der Waals surface area contributed by atoms with E-state index in [2.05, 4.69) is 5.10 Å². The van der Waals surface area contributed by atoms with Crippen LogP contribution in [0.4, 0.5) is 13.2 Å². The zero-order valence-corrected chi connectivity index (χ0v) is 24.9. The van der Waals surface area contributed by atoms with Gasteiger partial charge in [0.25, 0.3) is 5.91 Å². The number of carboxylic acids is 1. The van der Waals surface area contributed by atoms with Gasteiger partial charge >= 0.3 is 29.6 Å². The van der Waals surface area contributed by atoms with Crippen LogP contribution in [-0.2, 0) is 17.8 Å². The number of nitrogens with zero attached hydrogens (tertiary/aromatic N) is 3. The molecule has 2 aromatic carbocycles. The second-order valence-corrected chi connectivity index (χ2v) is 9.78. The van der Waals surface area contributed by atoms with Crippen LogP contribution in [0.2, 0.25) is 0 Å². The maximum absolute atomic E-state index is 14.3. The van der Waals surface area contributed by atoms with Gasteiger partial charge in [-0.15, -0.1) is 0 Å². The molecule has 0 saturated heterocycles. The molecule has 3 rings (SSSR count). The summed E-state index contributed by atoms with van der Waals surface area (Å²) in [4.78, 5) is 25.5. The van der Waals surface area contributed by atoms with Crippen molar-refractivity contribution in [3.8, 4) is 5.69 Å². The van der Waals surface area contributed by atoms with Gasteiger partial charge < -0.3 is 25.0 Å². The molecule has 0 fully saturated rings. The van der Waals surface area contributed by atoms with Gasteiger partial charge in [0.1, 0.15) is 5.82 Å². The largest absolute Gasteiger partial charge is 1.00 e. The minimum Gasteiger partial charge on any atom is -0.550 e. The van der Waals surface area contributed by atoms with Gasteiger partial charge in [-0.05, 0) is 55.5 Å². The van der Waals surface area contributed by atoms with Crippen LogP contribution >= 0.6 is 0 Å². The summed E-state index contributed by atoms with van der Waals surface area (Å²) in [5.74, 6) is -4.75. The van der Waals surface area contributed by atoms with Crippen LogP contribution < -0.4 is 34.7 Å². The molecule has 1 amide bonds. The summed E-state index contributed by atoms with van der Waals surface area (Å²) in [6, 6.07) is 9.15. The number of hydrogen-bond donors (Lipinski definition) is 2.